The molecule has 0 bridgehead atoms. The lowest BCUT2D eigenvalue weighted by atomic mass is 9.83. The molecule has 180 valence electrons. The highest BCUT2D eigenvalue weighted by atomic mass is 32.2. The van der Waals surface area contributed by atoms with E-state index < -0.39 is 57.1 Å². The summed E-state index contributed by atoms with van der Waals surface area (Å²) in [6.45, 7) is -0.459. The zero-order valence-corrected chi connectivity index (χ0v) is 19.3. The summed E-state index contributed by atoms with van der Waals surface area (Å²) in [6, 6.07) is 21.8. The molecule has 4 aromatic rings. The summed E-state index contributed by atoms with van der Waals surface area (Å²) in [5.41, 5.74) is -3.58. The van der Waals surface area contributed by atoms with Gasteiger partial charge in [0.1, 0.15) is 29.1 Å². The Morgan fingerprint density at radius 2 is 1.51 bits per heavy atom. The molecule has 0 aliphatic heterocycles. The first-order chi connectivity index (χ1) is 16.7. The number of hydrogen-bond donors (Lipinski definition) is 2. The monoisotopic (exact) mass is 494 g/mol. The van der Waals surface area contributed by atoms with Crippen LogP contribution in [-0.2, 0) is 25.0 Å². The van der Waals surface area contributed by atoms with E-state index in [1.54, 1.807) is 48.5 Å². The van der Waals surface area contributed by atoms with Crippen LogP contribution in [0.1, 0.15) is 17.5 Å². The van der Waals surface area contributed by atoms with Gasteiger partial charge in [0.2, 0.25) is 0 Å². The number of fused-ring (bicyclic) bond motifs is 1. The van der Waals surface area contributed by atoms with Crippen molar-refractivity contribution in [2.75, 3.05) is 12.4 Å². The Balaban J connectivity index is 1.63. The Morgan fingerprint density at radius 3 is 2.20 bits per heavy atom. The van der Waals surface area contributed by atoms with E-state index in [1.807, 2.05) is 0 Å². The second-order valence-corrected chi connectivity index (χ2v) is 9.97. The molecule has 0 saturated heterocycles. The number of aromatic hydroxyl groups is 1. The fourth-order valence-corrected chi connectivity index (χ4v) is 4.93. The molecule has 1 unspecified atom stereocenters. The molecule has 2 N–H and O–H groups in total. The summed E-state index contributed by atoms with van der Waals surface area (Å²) in [5.74, 6) is -1.95. The molecule has 0 spiro atoms. The molecule has 4 rings (SSSR count). The molecule has 0 radical (unpaired) electrons. The molecule has 3 aromatic carbocycles. The third kappa shape index (κ3) is 4.96. The summed E-state index contributed by atoms with van der Waals surface area (Å²) in [5, 5.41) is 22.7. The summed E-state index contributed by atoms with van der Waals surface area (Å²) in [6.07, 6.45) is -0.765. The van der Waals surface area contributed by atoms with Crippen molar-refractivity contribution in [1.82, 2.24) is 0 Å². The van der Waals surface area contributed by atoms with E-state index in [0.29, 0.717) is 0 Å². The standard InChI is InChI=1S/C26H22O8S/c27-22(33-15-16-35(31,32)19-11-5-2-6-12-19)17-26(30,18-9-3-1-4-10-18)23-24(28)20-13-7-8-14-21(20)34-25(23)29/h1-14,28,30H,15-17H2. The maximum atomic E-state index is 12.8. The van der Waals surface area contributed by atoms with E-state index in [0.717, 1.165) is 0 Å². The van der Waals surface area contributed by atoms with Gasteiger partial charge in [0.15, 0.2) is 9.84 Å². The van der Waals surface area contributed by atoms with Crippen molar-refractivity contribution in [3.05, 3.63) is 106 Å². The molecule has 0 aliphatic carbocycles. The number of benzene rings is 3. The van der Waals surface area contributed by atoms with Gasteiger partial charge in [-0.3, -0.25) is 4.79 Å². The van der Waals surface area contributed by atoms with Crippen molar-refractivity contribution in [2.24, 2.45) is 0 Å². The Hall–Kier alpha value is -3.95. The van der Waals surface area contributed by atoms with Gasteiger partial charge in [0.05, 0.1) is 22.5 Å². The van der Waals surface area contributed by atoms with E-state index in [9.17, 15) is 28.2 Å². The lowest BCUT2D eigenvalue weighted by Crippen LogP contribution is -2.36. The molecule has 1 heterocycles. The van der Waals surface area contributed by atoms with Gasteiger partial charge in [-0.05, 0) is 29.8 Å². The Kier molecular flexibility index (Phi) is 6.72. The number of esters is 1. The molecule has 9 heteroatoms. The van der Waals surface area contributed by atoms with E-state index in [-0.39, 0.29) is 21.4 Å². The summed E-state index contributed by atoms with van der Waals surface area (Å²) >= 11 is 0. The number of hydrogen-bond acceptors (Lipinski definition) is 8. The number of sulfone groups is 1. The van der Waals surface area contributed by atoms with Gasteiger partial charge in [0.25, 0.3) is 0 Å². The first kappa shape index (κ1) is 24.2. The van der Waals surface area contributed by atoms with Gasteiger partial charge in [-0.1, -0.05) is 60.7 Å². The van der Waals surface area contributed by atoms with Crippen molar-refractivity contribution < 1.29 is 32.6 Å². The van der Waals surface area contributed by atoms with Crippen LogP contribution in [0.15, 0.2) is 99.0 Å². The third-order valence-corrected chi connectivity index (χ3v) is 7.26. The van der Waals surface area contributed by atoms with Crippen LogP contribution in [0.5, 0.6) is 5.75 Å². The second-order valence-electron chi connectivity index (χ2n) is 7.86. The van der Waals surface area contributed by atoms with Crippen LogP contribution in [0, 0.1) is 0 Å². The van der Waals surface area contributed by atoms with Crippen LogP contribution >= 0.6 is 0 Å². The third-order valence-electron chi connectivity index (χ3n) is 5.57. The number of carbonyl (C=O) groups is 1. The average molecular weight is 495 g/mol. The van der Waals surface area contributed by atoms with Crippen molar-refractivity contribution in [3.63, 3.8) is 0 Å². The predicted octanol–water partition coefficient (Wildman–Crippen LogP) is 3.14. The zero-order valence-electron chi connectivity index (χ0n) is 18.5. The van der Waals surface area contributed by atoms with Crippen LogP contribution < -0.4 is 5.63 Å². The topological polar surface area (TPSA) is 131 Å². The fraction of sp³-hybridized carbons (Fsp3) is 0.154. The molecular formula is C26H22O8S. The number of carbonyl (C=O) groups excluding carboxylic acids is 1. The maximum Gasteiger partial charge on any atom is 0.346 e. The number of para-hydroxylation sites is 1. The highest BCUT2D eigenvalue weighted by Gasteiger charge is 2.41. The summed E-state index contributed by atoms with van der Waals surface area (Å²) in [4.78, 5) is 25.7. The minimum absolute atomic E-state index is 0.0931. The van der Waals surface area contributed by atoms with E-state index in [1.165, 1.54) is 36.4 Å². The first-order valence-electron chi connectivity index (χ1n) is 10.7. The molecule has 1 atom stereocenters. The van der Waals surface area contributed by atoms with E-state index >= 15 is 0 Å². The predicted molar refractivity (Wildman–Crippen MR) is 128 cm³/mol. The molecule has 0 saturated carbocycles. The van der Waals surface area contributed by atoms with Gasteiger partial charge in [-0.2, -0.15) is 0 Å². The van der Waals surface area contributed by atoms with E-state index in [2.05, 4.69) is 0 Å². The second kappa shape index (κ2) is 9.73. The van der Waals surface area contributed by atoms with Crippen LogP contribution in [0.25, 0.3) is 11.0 Å². The molecule has 0 fully saturated rings. The quantitative estimate of drug-likeness (QED) is 0.282. The van der Waals surface area contributed by atoms with Crippen molar-refractivity contribution >= 4 is 26.8 Å². The fourth-order valence-electron chi connectivity index (χ4n) is 3.82. The lowest BCUT2D eigenvalue weighted by molar-refractivity contribution is -0.147. The highest BCUT2D eigenvalue weighted by Crippen LogP contribution is 2.39. The minimum atomic E-state index is -3.69. The van der Waals surface area contributed by atoms with Gasteiger partial charge < -0.3 is 19.4 Å². The molecule has 0 aliphatic rings. The van der Waals surface area contributed by atoms with Gasteiger partial charge in [-0.15, -0.1) is 0 Å². The lowest BCUT2D eigenvalue weighted by Gasteiger charge is -2.28. The van der Waals surface area contributed by atoms with E-state index in [4.69, 9.17) is 9.15 Å². The maximum absolute atomic E-state index is 12.8. The Morgan fingerprint density at radius 1 is 0.914 bits per heavy atom. The van der Waals surface area contributed by atoms with Crippen LogP contribution in [0.3, 0.4) is 0 Å². The Bertz CT molecular complexity index is 1510. The van der Waals surface area contributed by atoms with Crippen molar-refractivity contribution in [1.29, 1.82) is 0 Å². The van der Waals surface area contributed by atoms with Crippen LogP contribution in [0.4, 0.5) is 0 Å². The highest BCUT2D eigenvalue weighted by molar-refractivity contribution is 7.91. The zero-order chi connectivity index (χ0) is 25.1. The summed E-state index contributed by atoms with van der Waals surface area (Å²) in [7, 11) is -3.69. The normalized spacial score (nSPS) is 13.3. The molecule has 0 amide bonds. The minimum Gasteiger partial charge on any atom is -0.506 e. The van der Waals surface area contributed by atoms with Gasteiger partial charge in [0, 0.05) is 0 Å². The van der Waals surface area contributed by atoms with Crippen molar-refractivity contribution in [3.8, 4) is 5.75 Å². The number of rotatable bonds is 8. The van der Waals surface area contributed by atoms with Crippen molar-refractivity contribution in [2.45, 2.75) is 16.9 Å². The molecule has 8 nitrogen and oxygen atoms in total. The SMILES string of the molecule is O=C(CC(O)(c1ccccc1)c1c(O)c2ccccc2oc1=O)OCCS(=O)(=O)c1ccccc1. The smallest absolute Gasteiger partial charge is 0.346 e. The van der Waals surface area contributed by atoms with Crippen LogP contribution in [-0.4, -0.2) is 37.0 Å². The average Bonchev–Trinajstić information content (AvgIpc) is 2.85. The molecule has 35 heavy (non-hydrogen) atoms. The molecular weight excluding hydrogens is 472 g/mol. The van der Waals surface area contributed by atoms with Crippen LogP contribution in [0.2, 0.25) is 0 Å². The first-order valence-corrected chi connectivity index (χ1v) is 12.3. The summed E-state index contributed by atoms with van der Waals surface area (Å²) < 4.78 is 35.3. The molecule has 1 aromatic heterocycles. The largest absolute Gasteiger partial charge is 0.506 e. The van der Waals surface area contributed by atoms with Gasteiger partial charge in [-0.25, -0.2) is 13.2 Å². The number of ether oxygens (including phenoxy) is 1. The number of aliphatic hydroxyl groups is 1. The Labute approximate surface area is 201 Å². The van der Waals surface area contributed by atoms with Gasteiger partial charge >= 0.3 is 11.6 Å².